The van der Waals surface area contributed by atoms with Gasteiger partial charge in [-0.3, -0.25) is 4.79 Å². The van der Waals surface area contributed by atoms with Crippen LogP contribution in [0, 0.1) is 0 Å². The topological polar surface area (TPSA) is 41.6 Å². The number of benzene rings is 1. The lowest BCUT2D eigenvalue weighted by molar-refractivity contribution is -0.130. The van der Waals surface area contributed by atoms with E-state index in [0.29, 0.717) is 13.0 Å². The summed E-state index contributed by atoms with van der Waals surface area (Å²) in [6, 6.07) is 8.10. The molecule has 1 rings (SSSR count). The Labute approximate surface area is 128 Å². The quantitative estimate of drug-likeness (QED) is 0.674. The van der Waals surface area contributed by atoms with Crippen molar-refractivity contribution in [2.24, 2.45) is 0 Å². The second kappa shape index (κ2) is 10.2. The molecule has 0 saturated heterocycles. The molecule has 0 aliphatic carbocycles. The van der Waals surface area contributed by atoms with Gasteiger partial charge in [0.1, 0.15) is 5.75 Å². The maximum absolute atomic E-state index is 11.9. The zero-order valence-corrected chi connectivity index (χ0v) is 13.5. The summed E-state index contributed by atoms with van der Waals surface area (Å²) in [6.45, 7) is 9.89. The fraction of sp³-hybridized carbons (Fsp3) is 0.588. The molecule has 0 saturated carbocycles. The molecule has 4 heteroatoms. The van der Waals surface area contributed by atoms with E-state index < -0.39 is 0 Å². The Balaban J connectivity index is 2.30. The third kappa shape index (κ3) is 6.63. The molecule has 0 aliphatic heterocycles. The van der Waals surface area contributed by atoms with E-state index in [0.717, 1.165) is 38.4 Å². The summed E-state index contributed by atoms with van der Waals surface area (Å²) < 4.78 is 5.61. The van der Waals surface area contributed by atoms with E-state index in [1.807, 2.05) is 30.9 Å². The molecule has 1 N–H and O–H groups in total. The van der Waals surface area contributed by atoms with Gasteiger partial charge < -0.3 is 15.0 Å². The van der Waals surface area contributed by atoms with Crippen LogP contribution in [0.2, 0.25) is 0 Å². The summed E-state index contributed by atoms with van der Waals surface area (Å²) in [5.74, 6) is 1.13. The predicted octanol–water partition coefficient (Wildman–Crippen LogP) is 2.82. The van der Waals surface area contributed by atoms with Crippen molar-refractivity contribution in [2.45, 2.75) is 40.2 Å². The largest absolute Gasteiger partial charge is 0.494 e. The summed E-state index contributed by atoms with van der Waals surface area (Å²) in [5, 5.41) is 3.32. The van der Waals surface area contributed by atoms with Crippen LogP contribution >= 0.6 is 0 Å². The molecule has 4 nitrogen and oxygen atoms in total. The summed E-state index contributed by atoms with van der Waals surface area (Å²) in [4.78, 5) is 13.7. The van der Waals surface area contributed by atoms with Crippen LogP contribution in [0.25, 0.3) is 0 Å². The Bertz CT molecular complexity index is 417. The molecule has 1 aromatic carbocycles. The average Bonchev–Trinajstić information content (AvgIpc) is 2.51. The first-order valence-corrected chi connectivity index (χ1v) is 7.91. The van der Waals surface area contributed by atoms with Crippen LogP contribution in [-0.2, 0) is 11.3 Å². The highest BCUT2D eigenvalue weighted by atomic mass is 16.5. The summed E-state index contributed by atoms with van der Waals surface area (Å²) in [6.07, 6.45) is 1.56. The van der Waals surface area contributed by atoms with Crippen molar-refractivity contribution in [3.8, 4) is 5.75 Å². The lowest BCUT2D eigenvalue weighted by Crippen LogP contribution is -2.32. The van der Waals surface area contributed by atoms with E-state index in [1.54, 1.807) is 0 Å². The van der Waals surface area contributed by atoms with Crippen molar-refractivity contribution >= 4 is 5.91 Å². The maximum Gasteiger partial charge on any atom is 0.223 e. The zero-order chi connectivity index (χ0) is 15.5. The molecule has 0 heterocycles. The normalized spacial score (nSPS) is 10.4. The van der Waals surface area contributed by atoms with Crippen LogP contribution in [0.15, 0.2) is 24.3 Å². The van der Waals surface area contributed by atoms with Gasteiger partial charge in [0.15, 0.2) is 0 Å². The van der Waals surface area contributed by atoms with Crippen LogP contribution in [0.3, 0.4) is 0 Å². The molecule has 0 spiro atoms. The Morgan fingerprint density at radius 2 is 2.00 bits per heavy atom. The number of hydrogen-bond acceptors (Lipinski definition) is 3. The van der Waals surface area contributed by atoms with Gasteiger partial charge in [0.05, 0.1) is 6.61 Å². The molecule has 1 amide bonds. The van der Waals surface area contributed by atoms with E-state index in [9.17, 15) is 4.79 Å². The molecular weight excluding hydrogens is 264 g/mol. The number of nitrogens with one attached hydrogen (secondary N) is 1. The standard InChI is InChI=1S/C17H28N2O2/c1-4-12-21-16-9-7-8-15(13-16)14-18-11-10-17(20)19(5-2)6-3/h7-9,13,18H,4-6,10-12,14H2,1-3H3. The van der Waals surface area contributed by atoms with Crippen LogP contribution in [0.1, 0.15) is 39.2 Å². The number of nitrogens with zero attached hydrogens (tertiary/aromatic N) is 1. The predicted molar refractivity (Wildman–Crippen MR) is 86.5 cm³/mol. The van der Waals surface area contributed by atoms with Gasteiger partial charge in [-0.2, -0.15) is 0 Å². The molecule has 0 aliphatic rings. The second-order valence-corrected chi connectivity index (χ2v) is 4.99. The first-order valence-electron chi connectivity index (χ1n) is 7.91. The molecule has 0 aromatic heterocycles. The fourth-order valence-corrected chi connectivity index (χ4v) is 2.13. The van der Waals surface area contributed by atoms with Gasteiger partial charge in [0.2, 0.25) is 5.91 Å². The fourth-order valence-electron chi connectivity index (χ4n) is 2.13. The number of carbonyl (C=O) groups is 1. The Hall–Kier alpha value is -1.55. The molecule has 21 heavy (non-hydrogen) atoms. The lowest BCUT2D eigenvalue weighted by atomic mass is 10.2. The van der Waals surface area contributed by atoms with E-state index in [-0.39, 0.29) is 5.91 Å². The monoisotopic (exact) mass is 292 g/mol. The SMILES string of the molecule is CCCOc1cccc(CNCCC(=O)N(CC)CC)c1. The zero-order valence-electron chi connectivity index (χ0n) is 13.5. The second-order valence-electron chi connectivity index (χ2n) is 4.99. The van der Waals surface area contributed by atoms with Crippen molar-refractivity contribution in [1.82, 2.24) is 10.2 Å². The Morgan fingerprint density at radius 3 is 2.67 bits per heavy atom. The summed E-state index contributed by atoms with van der Waals surface area (Å²) in [7, 11) is 0. The lowest BCUT2D eigenvalue weighted by Gasteiger charge is -2.18. The third-order valence-electron chi connectivity index (χ3n) is 3.33. The van der Waals surface area contributed by atoms with E-state index in [4.69, 9.17) is 4.74 Å². The van der Waals surface area contributed by atoms with Crippen molar-refractivity contribution in [2.75, 3.05) is 26.2 Å². The van der Waals surface area contributed by atoms with Crippen molar-refractivity contribution in [1.29, 1.82) is 0 Å². The first-order chi connectivity index (χ1) is 10.2. The van der Waals surface area contributed by atoms with Crippen LogP contribution in [0.5, 0.6) is 5.75 Å². The first kappa shape index (κ1) is 17.5. The summed E-state index contributed by atoms with van der Waals surface area (Å²) >= 11 is 0. The van der Waals surface area contributed by atoms with Gasteiger partial charge in [-0.15, -0.1) is 0 Å². The highest BCUT2D eigenvalue weighted by Gasteiger charge is 2.08. The van der Waals surface area contributed by atoms with Crippen LogP contribution in [0.4, 0.5) is 0 Å². The number of carbonyl (C=O) groups excluding carboxylic acids is 1. The molecule has 1 aromatic rings. The smallest absolute Gasteiger partial charge is 0.223 e. The van der Waals surface area contributed by atoms with Gasteiger partial charge in [-0.1, -0.05) is 19.1 Å². The molecule has 0 radical (unpaired) electrons. The number of amides is 1. The van der Waals surface area contributed by atoms with E-state index in [1.165, 1.54) is 5.56 Å². The number of rotatable bonds is 10. The highest BCUT2D eigenvalue weighted by molar-refractivity contribution is 5.76. The minimum Gasteiger partial charge on any atom is -0.494 e. The number of hydrogen-bond donors (Lipinski definition) is 1. The Morgan fingerprint density at radius 1 is 1.24 bits per heavy atom. The molecule has 0 bridgehead atoms. The van der Waals surface area contributed by atoms with Crippen molar-refractivity contribution < 1.29 is 9.53 Å². The van der Waals surface area contributed by atoms with Gasteiger partial charge >= 0.3 is 0 Å². The average molecular weight is 292 g/mol. The maximum atomic E-state index is 11.9. The van der Waals surface area contributed by atoms with Gasteiger partial charge in [-0.05, 0) is 38.0 Å². The minimum atomic E-state index is 0.215. The molecule has 0 fully saturated rings. The summed E-state index contributed by atoms with van der Waals surface area (Å²) in [5.41, 5.74) is 1.18. The van der Waals surface area contributed by atoms with Gasteiger partial charge in [-0.25, -0.2) is 0 Å². The number of ether oxygens (including phenoxy) is 1. The van der Waals surface area contributed by atoms with Crippen LogP contribution < -0.4 is 10.1 Å². The molecule has 118 valence electrons. The van der Waals surface area contributed by atoms with Crippen LogP contribution in [-0.4, -0.2) is 37.0 Å². The van der Waals surface area contributed by atoms with Gasteiger partial charge in [0, 0.05) is 32.6 Å². The molecular formula is C17H28N2O2. The highest BCUT2D eigenvalue weighted by Crippen LogP contribution is 2.13. The molecule has 0 unspecified atom stereocenters. The van der Waals surface area contributed by atoms with E-state index >= 15 is 0 Å². The third-order valence-corrected chi connectivity index (χ3v) is 3.33. The van der Waals surface area contributed by atoms with E-state index in [2.05, 4.69) is 24.4 Å². The van der Waals surface area contributed by atoms with Gasteiger partial charge in [0.25, 0.3) is 0 Å². The molecule has 0 atom stereocenters. The minimum absolute atomic E-state index is 0.215. The van der Waals surface area contributed by atoms with Crippen molar-refractivity contribution in [3.05, 3.63) is 29.8 Å². The van der Waals surface area contributed by atoms with Crippen molar-refractivity contribution in [3.63, 3.8) is 0 Å². The Kier molecular flexibility index (Phi) is 8.51.